The first-order valence-electron chi connectivity index (χ1n) is 5.17. The normalized spacial score (nSPS) is 19.2. The Balaban J connectivity index is 2.44. The smallest absolute Gasteiger partial charge is 0.288 e. The van der Waals surface area contributed by atoms with Crippen LogP contribution in [0.1, 0.15) is 25.3 Å². The van der Waals surface area contributed by atoms with Crippen molar-refractivity contribution >= 4 is 17.3 Å². The molecule has 2 N–H and O–H groups in total. The van der Waals surface area contributed by atoms with Crippen molar-refractivity contribution in [2.75, 3.05) is 0 Å². The van der Waals surface area contributed by atoms with Crippen LogP contribution in [-0.2, 0) is 5.41 Å². The van der Waals surface area contributed by atoms with Gasteiger partial charge in [0.05, 0.1) is 4.92 Å². The summed E-state index contributed by atoms with van der Waals surface area (Å²) in [4.78, 5) is 10.3. The molecule has 5 heteroatoms. The molecule has 1 fully saturated rings. The highest BCUT2D eigenvalue weighted by atomic mass is 35.5. The third kappa shape index (κ3) is 1.68. The maximum absolute atomic E-state index is 10.8. The summed E-state index contributed by atoms with van der Waals surface area (Å²) in [5, 5.41) is 11.0. The third-order valence-electron chi connectivity index (χ3n) is 3.38. The molecular formula is C11H13ClN2O2. The SMILES string of the molecule is CC(N)C1(c2ccc(Cl)c([N+](=O)[O-])c2)CC1. The van der Waals surface area contributed by atoms with E-state index in [9.17, 15) is 10.1 Å². The van der Waals surface area contributed by atoms with E-state index < -0.39 is 4.92 Å². The van der Waals surface area contributed by atoms with Crippen LogP contribution in [0.4, 0.5) is 5.69 Å². The van der Waals surface area contributed by atoms with E-state index in [0.29, 0.717) is 0 Å². The van der Waals surface area contributed by atoms with E-state index in [2.05, 4.69) is 0 Å². The molecule has 1 atom stereocenters. The maximum Gasteiger partial charge on any atom is 0.288 e. The Bertz CT molecular complexity index is 442. The predicted octanol–water partition coefficient (Wildman–Crippen LogP) is 2.63. The molecule has 0 bridgehead atoms. The van der Waals surface area contributed by atoms with E-state index >= 15 is 0 Å². The van der Waals surface area contributed by atoms with Crippen LogP contribution < -0.4 is 5.73 Å². The van der Waals surface area contributed by atoms with Crippen molar-refractivity contribution in [3.05, 3.63) is 38.9 Å². The first kappa shape index (κ1) is 11.4. The first-order chi connectivity index (χ1) is 7.47. The van der Waals surface area contributed by atoms with Crippen LogP contribution in [0.15, 0.2) is 18.2 Å². The van der Waals surface area contributed by atoms with E-state index in [1.165, 1.54) is 0 Å². The van der Waals surface area contributed by atoms with Gasteiger partial charge in [-0.15, -0.1) is 0 Å². The number of rotatable bonds is 3. The number of halogens is 1. The molecule has 1 aliphatic carbocycles. The zero-order valence-corrected chi connectivity index (χ0v) is 9.70. The molecule has 0 radical (unpaired) electrons. The third-order valence-corrected chi connectivity index (χ3v) is 3.70. The quantitative estimate of drug-likeness (QED) is 0.652. The van der Waals surface area contributed by atoms with Crippen LogP contribution in [0.5, 0.6) is 0 Å². The van der Waals surface area contributed by atoms with Crippen molar-refractivity contribution in [1.29, 1.82) is 0 Å². The van der Waals surface area contributed by atoms with Gasteiger partial charge in [0, 0.05) is 17.5 Å². The van der Waals surface area contributed by atoms with Crippen molar-refractivity contribution in [2.45, 2.75) is 31.2 Å². The van der Waals surface area contributed by atoms with Crippen molar-refractivity contribution in [1.82, 2.24) is 0 Å². The van der Waals surface area contributed by atoms with E-state index in [-0.39, 0.29) is 22.2 Å². The minimum absolute atomic E-state index is 0.00767. The number of hydrogen-bond acceptors (Lipinski definition) is 3. The lowest BCUT2D eigenvalue weighted by Crippen LogP contribution is -2.31. The molecule has 86 valence electrons. The number of nitro groups is 1. The fourth-order valence-corrected chi connectivity index (χ4v) is 2.29. The molecule has 1 aromatic rings. The van der Waals surface area contributed by atoms with Gasteiger partial charge in [-0.05, 0) is 31.4 Å². The van der Waals surface area contributed by atoms with Gasteiger partial charge in [0.1, 0.15) is 5.02 Å². The summed E-state index contributed by atoms with van der Waals surface area (Å²) in [7, 11) is 0. The number of nitrogens with two attached hydrogens (primary N) is 1. The average molecular weight is 241 g/mol. The Hall–Kier alpha value is -1.13. The fraction of sp³-hybridized carbons (Fsp3) is 0.455. The summed E-state index contributed by atoms with van der Waals surface area (Å²) in [6, 6.07) is 4.98. The second-order valence-corrected chi connectivity index (χ2v) is 4.78. The lowest BCUT2D eigenvalue weighted by molar-refractivity contribution is -0.384. The summed E-state index contributed by atoms with van der Waals surface area (Å²) in [6.07, 6.45) is 1.98. The summed E-state index contributed by atoms with van der Waals surface area (Å²) in [5.74, 6) is 0. The minimum Gasteiger partial charge on any atom is -0.327 e. The molecule has 0 heterocycles. The zero-order chi connectivity index (χ0) is 11.9. The van der Waals surface area contributed by atoms with Gasteiger partial charge in [0.2, 0.25) is 0 Å². The molecule has 16 heavy (non-hydrogen) atoms. The number of benzene rings is 1. The Kier molecular flexibility index (Phi) is 2.64. The Labute approximate surface area is 98.5 Å². The van der Waals surface area contributed by atoms with Crippen molar-refractivity contribution in [3.8, 4) is 0 Å². The highest BCUT2D eigenvalue weighted by Crippen LogP contribution is 2.51. The molecule has 0 aromatic heterocycles. The maximum atomic E-state index is 10.8. The number of nitrogens with zero attached hydrogens (tertiary/aromatic N) is 1. The fourth-order valence-electron chi connectivity index (χ4n) is 2.10. The van der Waals surface area contributed by atoms with Crippen molar-refractivity contribution in [3.63, 3.8) is 0 Å². The van der Waals surface area contributed by atoms with E-state index in [1.807, 2.05) is 13.0 Å². The predicted molar refractivity (Wildman–Crippen MR) is 62.7 cm³/mol. The van der Waals surface area contributed by atoms with E-state index in [1.54, 1.807) is 12.1 Å². The Morgan fingerprint density at radius 1 is 1.56 bits per heavy atom. The Morgan fingerprint density at radius 3 is 2.62 bits per heavy atom. The van der Waals surface area contributed by atoms with Gasteiger partial charge in [-0.2, -0.15) is 0 Å². The first-order valence-corrected chi connectivity index (χ1v) is 5.55. The highest BCUT2D eigenvalue weighted by Gasteiger charge is 2.47. The Morgan fingerprint density at radius 2 is 2.19 bits per heavy atom. The number of nitro benzene ring substituents is 1. The number of hydrogen-bond donors (Lipinski definition) is 1. The van der Waals surface area contributed by atoms with Gasteiger partial charge in [-0.1, -0.05) is 17.7 Å². The largest absolute Gasteiger partial charge is 0.327 e. The monoisotopic (exact) mass is 240 g/mol. The molecule has 1 aliphatic rings. The summed E-state index contributed by atoms with van der Waals surface area (Å²) in [5.41, 5.74) is 6.75. The van der Waals surface area contributed by atoms with Gasteiger partial charge in [-0.3, -0.25) is 10.1 Å². The van der Waals surface area contributed by atoms with Crippen LogP contribution in [0.2, 0.25) is 5.02 Å². The molecule has 0 amide bonds. The molecule has 0 spiro atoms. The van der Waals surface area contributed by atoms with Gasteiger partial charge in [0.25, 0.3) is 5.69 Å². The second kappa shape index (κ2) is 3.71. The van der Waals surface area contributed by atoms with E-state index in [0.717, 1.165) is 18.4 Å². The molecule has 1 saturated carbocycles. The topological polar surface area (TPSA) is 69.2 Å². The van der Waals surface area contributed by atoms with Crippen LogP contribution in [0.25, 0.3) is 0 Å². The highest BCUT2D eigenvalue weighted by molar-refractivity contribution is 6.32. The van der Waals surface area contributed by atoms with Crippen LogP contribution >= 0.6 is 11.6 Å². The summed E-state index contributed by atoms with van der Waals surface area (Å²) >= 11 is 5.77. The van der Waals surface area contributed by atoms with Crippen LogP contribution in [0.3, 0.4) is 0 Å². The van der Waals surface area contributed by atoms with Crippen molar-refractivity contribution in [2.24, 2.45) is 5.73 Å². The summed E-state index contributed by atoms with van der Waals surface area (Å²) in [6.45, 7) is 1.94. The van der Waals surface area contributed by atoms with Gasteiger partial charge < -0.3 is 5.73 Å². The van der Waals surface area contributed by atoms with E-state index in [4.69, 9.17) is 17.3 Å². The molecule has 2 rings (SSSR count). The molecular weight excluding hydrogens is 228 g/mol. The molecule has 1 aromatic carbocycles. The van der Waals surface area contributed by atoms with Crippen LogP contribution in [-0.4, -0.2) is 11.0 Å². The zero-order valence-electron chi connectivity index (χ0n) is 8.94. The lowest BCUT2D eigenvalue weighted by Gasteiger charge is -2.19. The second-order valence-electron chi connectivity index (χ2n) is 4.37. The van der Waals surface area contributed by atoms with Crippen molar-refractivity contribution < 1.29 is 4.92 Å². The molecule has 1 unspecified atom stereocenters. The molecule has 0 saturated heterocycles. The molecule has 0 aliphatic heterocycles. The summed E-state index contributed by atoms with van der Waals surface area (Å²) < 4.78 is 0. The van der Waals surface area contributed by atoms with Gasteiger partial charge in [-0.25, -0.2) is 0 Å². The minimum atomic E-state index is -0.455. The standard InChI is InChI=1S/C11H13ClN2O2/c1-7(13)11(4-5-11)8-2-3-9(12)10(6-8)14(15)16/h2-3,6-7H,4-5,13H2,1H3. The average Bonchev–Trinajstić information content (AvgIpc) is 2.98. The van der Waals surface area contributed by atoms with Gasteiger partial charge >= 0.3 is 0 Å². The lowest BCUT2D eigenvalue weighted by atomic mass is 9.89. The van der Waals surface area contributed by atoms with Gasteiger partial charge in [0.15, 0.2) is 0 Å². The molecule has 4 nitrogen and oxygen atoms in total. The van der Waals surface area contributed by atoms with Crippen LogP contribution in [0, 0.1) is 10.1 Å².